The summed E-state index contributed by atoms with van der Waals surface area (Å²) in [7, 11) is 0. The van der Waals surface area contributed by atoms with Gasteiger partial charge in [-0.3, -0.25) is 14.5 Å². The molecule has 1 aromatic heterocycles. The molecule has 3 heterocycles. The summed E-state index contributed by atoms with van der Waals surface area (Å²) in [5.74, 6) is -0.861. The summed E-state index contributed by atoms with van der Waals surface area (Å²) in [4.78, 5) is 27.5. The Bertz CT molecular complexity index is 1180. The molecule has 7 nitrogen and oxygen atoms in total. The Morgan fingerprint density at radius 1 is 1.07 bits per heavy atom. The van der Waals surface area contributed by atoms with Crippen LogP contribution in [-0.2, 0) is 4.79 Å². The van der Waals surface area contributed by atoms with E-state index < -0.39 is 23.5 Å². The van der Waals surface area contributed by atoms with E-state index in [2.05, 4.69) is 0 Å². The first kappa shape index (κ1) is 18.3. The van der Waals surface area contributed by atoms with Crippen molar-refractivity contribution >= 4 is 29.0 Å². The van der Waals surface area contributed by atoms with E-state index in [1.807, 2.05) is 0 Å². The van der Waals surface area contributed by atoms with Crippen LogP contribution in [-0.4, -0.2) is 23.6 Å². The third-order valence-electron chi connectivity index (χ3n) is 5.02. The smallest absolute Gasteiger partial charge is 0.294 e. The van der Waals surface area contributed by atoms with Crippen molar-refractivity contribution in [2.24, 2.45) is 0 Å². The Balaban J connectivity index is 1.66. The van der Waals surface area contributed by atoms with Crippen LogP contribution in [0.25, 0.3) is 0 Å². The number of fused-ring (bicyclic) bond motifs is 1. The molecule has 1 N–H and O–H groups in total. The molecule has 0 spiro atoms. The highest BCUT2D eigenvalue weighted by Gasteiger charge is 2.45. The molecule has 0 radical (unpaired) electrons. The van der Waals surface area contributed by atoms with Gasteiger partial charge in [0.25, 0.3) is 5.91 Å². The summed E-state index contributed by atoms with van der Waals surface area (Å²) >= 11 is 6.02. The molecule has 1 unspecified atom stereocenters. The van der Waals surface area contributed by atoms with Gasteiger partial charge < -0.3 is 19.0 Å². The second-order valence-electron chi connectivity index (χ2n) is 6.74. The number of rotatable bonds is 4. The zero-order valence-corrected chi connectivity index (χ0v) is 16.1. The number of furan rings is 1. The van der Waals surface area contributed by atoms with E-state index in [-0.39, 0.29) is 18.1 Å². The fourth-order valence-electron chi connectivity index (χ4n) is 3.64. The van der Waals surface area contributed by atoms with Crippen molar-refractivity contribution in [3.63, 3.8) is 0 Å². The molecular weight excluding hydrogens is 410 g/mol. The number of aliphatic hydroxyl groups is 1. The van der Waals surface area contributed by atoms with E-state index in [1.54, 1.807) is 48.5 Å². The van der Waals surface area contributed by atoms with Gasteiger partial charge in [-0.2, -0.15) is 0 Å². The van der Waals surface area contributed by atoms with Crippen LogP contribution in [0.15, 0.2) is 76.6 Å². The van der Waals surface area contributed by atoms with E-state index >= 15 is 0 Å². The predicted octanol–water partition coefficient (Wildman–Crippen LogP) is 4.44. The number of amides is 1. The normalized spacial score (nSPS) is 17.7. The number of hydrogen-bond donors (Lipinski definition) is 1. The molecule has 2 aromatic carbocycles. The summed E-state index contributed by atoms with van der Waals surface area (Å²) < 4.78 is 16.0. The maximum atomic E-state index is 13.1. The molecular formula is C22H14ClNO6. The number of nitrogens with zero attached hydrogens (tertiary/aromatic N) is 1. The van der Waals surface area contributed by atoms with Gasteiger partial charge in [0, 0.05) is 16.8 Å². The van der Waals surface area contributed by atoms with E-state index in [0.29, 0.717) is 27.8 Å². The average Bonchev–Trinajstić information content (AvgIpc) is 3.48. The van der Waals surface area contributed by atoms with Crippen LogP contribution in [0.4, 0.5) is 5.69 Å². The molecule has 3 aromatic rings. The molecule has 1 atom stereocenters. The number of carbonyl (C=O) groups excluding carboxylic acids is 2. The van der Waals surface area contributed by atoms with E-state index in [9.17, 15) is 14.7 Å². The zero-order chi connectivity index (χ0) is 20.8. The van der Waals surface area contributed by atoms with Crippen LogP contribution >= 0.6 is 11.6 Å². The quantitative estimate of drug-likeness (QED) is 0.624. The molecule has 2 aliphatic rings. The van der Waals surface area contributed by atoms with Gasteiger partial charge in [0.05, 0.1) is 17.9 Å². The summed E-state index contributed by atoms with van der Waals surface area (Å²) in [6.07, 6.45) is 1.36. The Kier molecular flexibility index (Phi) is 4.25. The van der Waals surface area contributed by atoms with Crippen molar-refractivity contribution in [1.29, 1.82) is 0 Å². The number of benzene rings is 2. The lowest BCUT2D eigenvalue weighted by molar-refractivity contribution is -0.117. The van der Waals surface area contributed by atoms with E-state index in [1.165, 1.54) is 17.2 Å². The lowest BCUT2D eigenvalue weighted by Gasteiger charge is -2.27. The molecule has 30 heavy (non-hydrogen) atoms. The summed E-state index contributed by atoms with van der Waals surface area (Å²) in [6.45, 7) is 0.0824. The van der Waals surface area contributed by atoms with Crippen LogP contribution in [0.3, 0.4) is 0 Å². The lowest BCUT2D eigenvalue weighted by Crippen LogP contribution is -2.31. The molecule has 1 amide bonds. The van der Waals surface area contributed by atoms with Gasteiger partial charge in [0.2, 0.25) is 12.6 Å². The van der Waals surface area contributed by atoms with Gasteiger partial charge in [0.15, 0.2) is 23.0 Å². The first-order chi connectivity index (χ1) is 14.5. The van der Waals surface area contributed by atoms with E-state index in [0.717, 1.165) is 0 Å². The van der Waals surface area contributed by atoms with Gasteiger partial charge in [-0.25, -0.2) is 0 Å². The minimum atomic E-state index is -0.882. The van der Waals surface area contributed by atoms with E-state index in [4.69, 9.17) is 25.5 Å². The Morgan fingerprint density at radius 3 is 2.57 bits per heavy atom. The second kappa shape index (κ2) is 6.96. The Morgan fingerprint density at radius 2 is 1.83 bits per heavy atom. The third-order valence-corrected chi connectivity index (χ3v) is 5.27. The standard InChI is InChI=1S/C22H14ClNO6/c23-13-5-3-12(4-6-13)19-18(20(25)16-2-1-9-28-16)21(26)22(27)24(19)14-7-8-15-17(10-14)30-11-29-15/h1-10,19,26H,11H2. The predicted molar refractivity (Wildman–Crippen MR) is 107 cm³/mol. The van der Waals surface area contributed by atoms with Crippen molar-refractivity contribution in [3.05, 3.63) is 88.5 Å². The number of anilines is 1. The maximum Gasteiger partial charge on any atom is 0.294 e. The van der Waals surface area contributed by atoms with Crippen LogP contribution in [0.2, 0.25) is 5.02 Å². The van der Waals surface area contributed by atoms with Crippen LogP contribution in [0.1, 0.15) is 22.2 Å². The topological polar surface area (TPSA) is 89.2 Å². The molecule has 0 bridgehead atoms. The van der Waals surface area contributed by atoms with Crippen molar-refractivity contribution in [2.75, 3.05) is 11.7 Å². The molecule has 2 aliphatic heterocycles. The monoisotopic (exact) mass is 423 g/mol. The molecule has 5 rings (SSSR count). The van der Waals surface area contributed by atoms with Crippen LogP contribution < -0.4 is 14.4 Å². The highest BCUT2D eigenvalue weighted by molar-refractivity contribution is 6.30. The van der Waals surface area contributed by atoms with Crippen molar-refractivity contribution < 1.29 is 28.6 Å². The summed E-state index contributed by atoms with van der Waals surface area (Å²) in [6, 6.07) is 13.9. The number of Topliss-reactive ketones (excluding diaryl/α,β-unsaturated/α-hetero) is 1. The van der Waals surface area contributed by atoms with Crippen LogP contribution in [0.5, 0.6) is 11.5 Å². The van der Waals surface area contributed by atoms with Crippen molar-refractivity contribution in [3.8, 4) is 11.5 Å². The van der Waals surface area contributed by atoms with Gasteiger partial charge in [-0.05, 0) is 42.0 Å². The number of carbonyl (C=O) groups is 2. The SMILES string of the molecule is O=C(C1=C(O)C(=O)N(c2ccc3c(c2)OCO3)C1c1ccc(Cl)cc1)c1ccco1. The molecule has 150 valence electrons. The highest BCUT2D eigenvalue weighted by Crippen LogP contribution is 2.44. The summed E-state index contributed by atoms with van der Waals surface area (Å²) in [5.41, 5.74) is 0.970. The number of hydrogen-bond acceptors (Lipinski definition) is 6. The number of ketones is 1. The molecule has 0 fully saturated rings. The fourth-order valence-corrected chi connectivity index (χ4v) is 3.77. The maximum absolute atomic E-state index is 13.1. The minimum absolute atomic E-state index is 0.0239. The molecule has 0 saturated carbocycles. The number of ether oxygens (including phenoxy) is 2. The number of aliphatic hydroxyl groups excluding tert-OH is 1. The largest absolute Gasteiger partial charge is 0.503 e. The molecule has 0 aliphatic carbocycles. The Labute approximate surface area is 175 Å². The van der Waals surface area contributed by atoms with Gasteiger partial charge in [-0.1, -0.05) is 23.7 Å². The summed E-state index contributed by atoms with van der Waals surface area (Å²) in [5, 5.41) is 11.2. The van der Waals surface area contributed by atoms with Gasteiger partial charge in [-0.15, -0.1) is 0 Å². The van der Waals surface area contributed by atoms with Crippen molar-refractivity contribution in [1.82, 2.24) is 0 Å². The zero-order valence-electron chi connectivity index (χ0n) is 15.4. The lowest BCUT2D eigenvalue weighted by atomic mass is 9.95. The molecule has 8 heteroatoms. The van der Waals surface area contributed by atoms with Gasteiger partial charge >= 0.3 is 0 Å². The Hall–Kier alpha value is -3.71. The first-order valence-corrected chi connectivity index (χ1v) is 9.42. The second-order valence-corrected chi connectivity index (χ2v) is 7.17. The fraction of sp³-hybridized carbons (Fsp3) is 0.0909. The average molecular weight is 424 g/mol. The number of halogens is 1. The third kappa shape index (κ3) is 2.83. The minimum Gasteiger partial charge on any atom is -0.503 e. The van der Waals surface area contributed by atoms with Gasteiger partial charge in [0.1, 0.15) is 0 Å². The molecule has 0 saturated heterocycles. The highest BCUT2D eigenvalue weighted by atomic mass is 35.5. The van der Waals surface area contributed by atoms with Crippen molar-refractivity contribution in [2.45, 2.75) is 6.04 Å². The first-order valence-electron chi connectivity index (χ1n) is 9.04. The van der Waals surface area contributed by atoms with Crippen LogP contribution in [0, 0.1) is 0 Å².